The van der Waals surface area contributed by atoms with Crippen molar-refractivity contribution in [1.82, 2.24) is 10.2 Å². The number of nitrogens with zero attached hydrogens (tertiary/aromatic N) is 1. The van der Waals surface area contributed by atoms with Crippen LogP contribution in [0, 0.1) is 5.92 Å². The molecule has 0 aliphatic carbocycles. The van der Waals surface area contributed by atoms with Gasteiger partial charge in [0.05, 0.1) is 0 Å². The third kappa shape index (κ3) is 4.09. The Morgan fingerprint density at radius 2 is 1.84 bits per heavy atom. The van der Waals surface area contributed by atoms with Crippen LogP contribution >= 0.6 is 0 Å². The quantitative estimate of drug-likeness (QED) is 0.856. The molecule has 0 aromatic carbocycles. The Hall–Kier alpha value is -0.780. The smallest absolute Gasteiger partial charge is 0.334 e. The van der Waals surface area contributed by atoms with E-state index >= 15 is 0 Å². The number of carbonyl (C=O) groups is 1. The molecule has 110 valence electrons. The second kappa shape index (κ2) is 5.69. The summed E-state index contributed by atoms with van der Waals surface area (Å²) in [6.45, 7) is 0.589. The molecule has 2 aliphatic heterocycles. The van der Waals surface area contributed by atoms with Crippen molar-refractivity contribution in [2.75, 3.05) is 13.1 Å². The fraction of sp³-hybridized carbons (Fsp3) is 0.923. The van der Waals surface area contributed by atoms with Crippen LogP contribution < -0.4 is 5.32 Å². The number of hydrogen-bond donors (Lipinski definition) is 1. The molecule has 2 rings (SSSR count). The van der Waals surface area contributed by atoms with E-state index in [1.165, 1.54) is 0 Å². The molecule has 0 aromatic rings. The van der Waals surface area contributed by atoms with Crippen LogP contribution in [0.25, 0.3) is 0 Å². The Morgan fingerprint density at radius 3 is 2.32 bits per heavy atom. The van der Waals surface area contributed by atoms with E-state index in [2.05, 4.69) is 5.32 Å². The molecule has 0 saturated carbocycles. The normalized spacial score (nSPS) is 30.4. The van der Waals surface area contributed by atoms with Crippen molar-refractivity contribution in [2.45, 2.75) is 57.3 Å². The van der Waals surface area contributed by atoms with Crippen LogP contribution in [-0.2, 0) is 4.79 Å². The van der Waals surface area contributed by atoms with E-state index in [0.717, 1.165) is 30.6 Å². The maximum absolute atomic E-state index is 12.4. The van der Waals surface area contributed by atoms with Gasteiger partial charge >= 0.3 is 6.18 Å². The van der Waals surface area contributed by atoms with E-state index in [0.29, 0.717) is 12.1 Å². The topological polar surface area (TPSA) is 32.3 Å². The zero-order valence-corrected chi connectivity index (χ0v) is 11.2. The first kappa shape index (κ1) is 14.6. The molecule has 1 N–H and O–H groups in total. The lowest BCUT2D eigenvalue weighted by Gasteiger charge is -2.30. The fourth-order valence-electron chi connectivity index (χ4n) is 3.31. The maximum atomic E-state index is 12.4. The molecular weight excluding hydrogens is 257 g/mol. The van der Waals surface area contributed by atoms with Gasteiger partial charge in [-0.1, -0.05) is 0 Å². The SMILES string of the molecule is CCN(CC(F)(F)F)C(=O)CC1CC2CCC(C1)N2. The lowest BCUT2D eigenvalue weighted by molar-refractivity contribution is -0.161. The number of carbonyl (C=O) groups excluding carboxylic acids is 1. The number of nitrogens with one attached hydrogen (secondary N) is 1. The van der Waals surface area contributed by atoms with E-state index in [4.69, 9.17) is 0 Å². The van der Waals surface area contributed by atoms with E-state index in [1.807, 2.05) is 0 Å². The summed E-state index contributed by atoms with van der Waals surface area (Å²) in [5, 5.41) is 3.47. The van der Waals surface area contributed by atoms with Crippen molar-refractivity contribution in [3.63, 3.8) is 0 Å². The molecule has 2 atom stereocenters. The zero-order chi connectivity index (χ0) is 14.0. The Bertz CT molecular complexity index is 320. The van der Waals surface area contributed by atoms with Crippen molar-refractivity contribution < 1.29 is 18.0 Å². The number of piperidine rings is 1. The molecule has 0 radical (unpaired) electrons. The summed E-state index contributed by atoms with van der Waals surface area (Å²) in [6.07, 6.45) is 0.0693. The predicted molar refractivity (Wildman–Crippen MR) is 65.6 cm³/mol. The van der Waals surface area contributed by atoms with Gasteiger partial charge in [-0.2, -0.15) is 13.2 Å². The molecule has 2 heterocycles. The van der Waals surface area contributed by atoms with Crippen LogP contribution in [0.15, 0.2) is 0 Å². The monoisotopic (exact) mass is 278 g/mol. The molecule has 3 nitrogen and oxygen atoms in total. The van der Waals surface area contributed by atoms with Crippen LogP contribution in [0.1, 0.15) is 39.0 Å². The summed E-state index contributed by atoms with van der Waals surface area (Å²) in [4.78, 5) is 12.9. The number of hydrogen-bond acceptors (Lipinski definition) is 2. The molecule has 19 heavy (non-hydrogen) atoms. The first-order valence-electron chi connectivity index (χ1n) is 6.98. The van der Waals surface area contributed by atoms with Gasteiger partial charge in [-0.3, -0.25) is 4.79 Å². The number of fused-ring (bicyclic) bond motifs is 2. The Balaban J connectivity index is 1.85. The number of halogens is 3. The van der Waals surface area contributed by atoms with Crippen molar-refractivity contribution in [2.24, 2.45) is 5.92 Å². The summed E-state index contributed by atoms with van der Waals surface area (Å²) in [7, 11) is 0. The molecular formula is C13H21F3N2O. The second-order valence-electron chi connectivity index (χ2n) is 5.70. The van der Waals surface area contributed by atoms with Crippen molar-refractivity contribution >= 4 is 5.91 Å². The standard InChI is InChI=1S/C13H21F3N2O/c1-2-18(8-13(14,15)16)12(19)7-9-5-10-3-4-11(6-9)17-10/h9-11,17H,2-8H2,1H3. The molecule has 2 saturated heterocycles. The largest absolute Gasteiger partial charge is 0.406 e. The van der Waals surface area contributed by atoms with Gasteiger partial charge in [0.2, 0.25) is 5.91 Å². The molecule has 6 heteroatoms. The Kier molecular flexibility index (Phi) is 4.38. The van der Waals surface area contributed by atoms with Gasteiger partial charge in [0.25, 0.3) is 0 Å². The average molecular weight is 278 g/mol. The lowest BCUT2D eigenvalue weighted by Crippen LogP contribution is -2.42. The second-order valence-corrected chi connectivity index (χ2v) is 5.70. The van der Waals surface area contributed by atoms with E-state index in [1.54, 1.807) is 6.92 Å². The highest BCUT2D eigenvalue weighted by Crippen LogP contribution is 2.33. The third-order valence-corrected chi connectivity index (χ3v) is 4.14. The average Bonchev–Trinajstić information content (AvgIpc) is 2.64. The van der Waals surface area contributed by atoms with Crippen molar-refractivity contribution in [3.8, 4) is 0 Å². The lowest BCUT2D eigenvalue weighted by atomic mass is 9.89. The first-order chi connectivity index (χ1) is 8.87. The van der Waals surface area contributed by atoms with E-state index < -0.39 is 12.7 Å². The molecule has 2 bridgehead atoms. The number of amides is 1. The Labute approximate surface area is 111 Å². The molecule has 0 spiro atoms. The van der Waals surface area contributed by atoms with E-state index in [-0.39, 0.29) is 24.8 Å². The minimum Gasteiger partial charge on any atom is -0.334 e. The third-order valence-electron chi connectivity index (χ3n) is 4.14. The van der Waals surface area contributed by atoms with Crippen molar-refractivity contribution in [1.29, 1.82) is 0 Å². The van der Waals surface area contributed by atoms with Crippen LogP contribution in [0.4, 0.5) is 13.2 Å². The number of alkyl halides is 3. The Morgan fingerprint density at radius 1 is 1.26 bits per heavy atom. The molecule has 2 aliphatic rings. The van der Waals surface area contributed by atoms with Crippen molar-refractivity contribution in [3.05, 3.63) is 0 Å². The minimum atomic E-state index is -4.31. The van der Waals surface area contributed by atoms with Crippen LogP contribution in [-0.4, -0.2) is 42.2 Å². The van der Waals surface area contributed by atoms with Gasteiger partial charge in [0, 0.05) is 25.0 Å². The minimum absolute atomic E-state index is 0.121. The summed E-state index contributed by atoms with van der Waals surface area (Å²) >= 11 is 0. The van der Waals surface area contributed by atoms with Gasteiger partial charge in [0.15, 0.2) is 0 Å². The summed E-state index contributed by atoms with van der Waals surface area (Å²) in [6, 6.07) is 0.934. The van der Waals surface area contributed by atoms with Gasteiger partial charge in [-0.05, 0) is 38.5 Å². The number of rotatable bonds is 4. The summed E-state index contributed by atoms with van der Waals surface area (Å²) in [5.41, 5.74) is 0. The highest BCUT2D eigenvalue weighted by Gasteiger charge is 2.36. The molecule has 2 unspecified atom stereocenters. The van der Waals surface area contributed by atoms with Crippen LogP contribution in [0.2, 0.25) is 0 Å². The zero-order valence-electron chi connectivity index (χ0n) is 11.2. The maximum Gasteiger partial charge on any atom is 0.406 e. The molecule has 1 amide bonds. The highest BCUT2D eigenvalue weighted by molar-refractivity contribution is 5.76. The van der Waals surface area contributed by atoms with Crippen LogP contribution in [0.5, 0.6) is 0 Å². The van der Waals surface area contributed by atoms with Crippen LogP contribution in [0.3, 0.4) is 0 Å². The van der Waals surface area contributed by atoms with Gasteiger partial charge in [-0.25, -0.2) is 0 Å². The van der Waals surface area contributed by atoms with Gasteiger partial charge in [0.1, 0.15) is 6.54 Å². The van der Waals surface area contributed by atoms with Gasteiger partial charge < -0.3 is 10.2 Å². The molecule has 2 fully saturated rings. The summed E-state index contributed by atoms with van der Waals surface area (Å²) < 4.78 is 37.1. The fourth-order valence-corrected chi connectivity index (χ4v) is 3.31. The molecule has 0 aromatic heterocycles. The highest BCUT2D eigenvalue weighted by atomic mass is 19.4. The van der Waals surface area contributed by atoms with E-state index in [9.17, 15) is 18.0 Å². The summed E-state index contributed by atoms with van der Waals surface area (Å²) in [5.74, 6) is -0.111. The van der Waals surface area contributed by atoms with Gasteiger partial charge in [-0.15, -0.1) is 0 Å². The first-order valence-corrected chi connectivity index (χ1v) is 6.98. The predicted octanol–water partition coefficient (Wildman–Crippen LogP) is 2.32.